The molecule has 0 aliphatic heterocycles. The minimum atomic E-state index is -1.03. The maximum absolute atomic E-state index is 13.1. The summed E-state index contributed by atoms with van der Waals surface area (Å²) in [5, 5.41) is 13.8. The van der Waals surface area contributed by atoms with Crippen LogP contribution in [0.5, 0.6) is 0 Å². The van der Waals surface area contributed by atoms with Crippen molar-refractivity contribution in [1.82, 2.24) is 10.1 Å². The topological polar surface area (TPSA) is 66.6 Å². The molecule has 0 aliphatic carbocycles. The molecule has 1 amide bonds. The zero-order valence-electron chi connectivity index (χ0n) is 11.9. The molecule has 0 saturated heterocycles. The molecule has 21 heavy (non-hydrogen) atoms. The normalized spacial score (nSPS) is 12.2. The van der Waals surface area contributed by atoms with Crippen LogP contribution in [0.1, 0.15) is 29.5 Å². The highest BCUT2D eigenvalue weighted by atomic mass is 19.1. The monoisotopic (exact) mass is 292 g/mol. The molecule has 0 bridgehead atoms. The van der Waals surface area contributed by atoms with Crippen LogP contribution in [0.2, 0.25) is 0 Å². The number of aromatic nitrogens is 1. The highest BCUT2D eigenvalue weighted by Gasteiger charge is 2.17. The largest absolute Gasteiger partial charge is 0.388 e. The molecule has 1 unspecified atom stereocenters. The molecule has 6 heteroatoms. The van der Waals surface area contributed by atoms with Gasteiger partial charge in [0.25, 0.3) is 0 Å². The Morgan fingerprint density at radius 2 is 2.24 bits per heavy atom. The standard InChI is InChI=1S/C15H17FN2O3/c1-10-6-13(17-21-10)9-18(2)15(20)8-14(19)11-4-3-5-12(16)7-11/h3-7,14,19H,8-9H2,1-2H3. The molecule has 0 spiro atoms. The fourth-order valence-corrected chi connectivity index (χ4v) is 1.98. The Labute approximate surface area is 122 Å². The van der Waals surface area contributed by atoms with Crippen molar-refractivity contribution in [3.63, 3.8) is 0 Å². The van der Waals surface area contributed by atoms with Crippen LogP contribution in [-0.2, 0) is 11.3 Å². The van der Waals surface area contributed by atoms with E-state index in [4.69, 9.17) is 4.52 Å². The van der Waals surface area contributed by atoms with Crippen LogP contribution >= 0.6 is 0 Å². The van der Waals surface area contributed by atoms with Crippen molar-refractivity contribution in [2.24, 2.45) is 0 Å². The second-order valence-electron chi connectivity index (χ2n) is 4.95. The smallest absolute Gasteiger partial charge is 0.225 e. The molecule has 1 heterocycles. The third-order valence-electron chi connectivity index (χ3n) is 3.10. The zero-order valence-corrected chi connectivity index (χ0v) is 11.9. The van der Waals surface area contributed by atoms with Gasteiger partial charge in [-0.1, -0.05) is 17.3 Å². The second-order valence-corrected chi connectivity index (χ2v) is 4.95. The number of nitrogens with zero attached hydrogens (tertiary/aromatic N) is 2. The van der Waals surface area contributed by atoms with Gasteiger partial charge in [-0.05, 0) is 24.6 Å². The van der Waals surface area contributed by atoms with Gasteiger partial charge in [-0.15, -0.1) is 0 Å². The molecule has 0 fully saturated rings. The van der Waals surface area contributed by atoms with E-state index in [0.29, 0.717) is 23.6 Å². The summed E-state index contributed by atoms with van der Waals surface area (Å²) in [6.45, 7) is 2.07. The zero-order chi connectivity index (χ0) is 15.4. The molecule has 0 aliphatic rings. The number of carbonyl (C=O) groups excluding carboxylic acids is 1. The first-order chi connectivity index (χ1) is 9.95. The van der Waals surface area contributed by atoms with Gasteiger partial charge in [0.05, 0.1) is 19.1 Å². The van der Waals surface area contributed by atoms with E-state index in [1.165, 1.54) is 23.1 Å². The Morgan fingerprint density at radius 1 is 1.48 bits per heavy atom. The first kappa shape index (κ1) is 15.2. The van der Waals surface area contributed by atoms with Crippen LogP contribution in [0.3, 0.4) is 0 Å². The minimum Gasteiger partial charge on any atom is -0.388 e. The number of hydrogen-bond donors (Lipinski definition) is 1. The van der Waals surface area contributed by atoms with E-state index in [9.17, 15) is 14.3 Å². The fourth-order valence-electron chi connectivity index (χ4n) is 1.98. The molecule has 112 valence electrons. The summed E-state index contributed by atoms with van der Waals surface area (Å²) in [5.41, 5.74) is 1.03. The van der Waals surface area contributed by atoms with Crippen molar-refractivity contribution in [1.29, 1.82) is 0 Å². The van der Waals surface area contributed by atoms with Gasteiger partial charge in [0, 0.05) is 13.1 Å². The summed E-state index contributed by atoms with van der Waals surface area (Å²) < 4.78 is 18.0. The number of amides is 1. The summed E-state index contributed by atoms with van der Waals surface area (Å²) in [6, 6.07) is 7.34. The molecule has 0 radical (unpaired) electrons. The Hall–Kier alpha value is -2.21. The maximum Gasteiger partial charge on any atom is 0.225 e. The molecule has 1 aromatic carbocycles. The third-order valence-corrected chi connectivity index (χ3v) is 3.10. The predicted octanol–water partition coefficient (Wildman–Crippen LogP) is 2.20. The summed E-state index contributed by atoms with van der Waals surface area (Å²) in [6.07, 6.45) is -1.15. The van der Waals surface area contributed by atoms with Gasteiger partial charge < -0.3 is 14.5 Å². The van der Waals surface area contributed by atoms with Crippen molar-refractivity contribution >= 4 is 5.91 Å². The first-order valence-electron chi connectivity index (χ1n) is 6.55. The van der Waals surface area contributed by atoms with Crippen LogP contribution in [0, 0.1) is 12.7 Å². The molecule has 1 atom stereocenters. The maximum atomic E-state index is 13.1. The van der Waals surface area contributed by atoms with E-state index in [2.05, 4.69) is 5.16 Å². The van der Waals surface area contributed by atoms with E-state index in [1.807, 2.05) is 0 Å². The Balaban J connectivity index is 1.94. The van der Waals surface area contributed by atoms with Crippen LogP contribution in [0.25, 0.3) is 0 Å². The van der Waals surface area contributed by atoms with Crippen molar-refractivity contribution < 1.29 is 18.8 Å². The molecular weight excluding hydrogens is 275 g/mol. The molecule has 1 aromatic heterocycles. The molecule has 5 nitrogen and oxygen atoms in total. The lowest BCUT2D eigenvalue weighted by atomic mass is 10.1. The number of carbonyl (C=O) groups is 1. The summed E-state index contributed by atoms with van der Waals surface area (Å²) in [5.74, 6) is -0.0246. The Morgan fingerprint density at radius 3 is 2.86 bits per heavy atom. The SMILES string of the molecule is Cc1cc(CN(C)C(=O)CC(O)c2cccc(F)c2)no1. The van der Waals surface area contributed by atoms with Crippen molar-refractivity contribution in [2.75, 3.05) is 7.05 Å². The van der Waals surface area contributed by atoms with E-state index < -0.39 is 11.9 Å². The van der Waals surface area contributed by atoms with E-state index in [-0.39, 0.29) is 12.3 Å². The quantitative estimate of drug-likeness (QED) is 0.917. The third kappa shape index (κ3) is 4.13. The van der Waals surface area contributed by atoms with Gasteiger partial charge in [-0.3, -0.25) is 4.79 Å². The van der Waals surface area contributed by atoms with Crippen molar-refractivity contribution in [3.05, 3.63) is 53.2 Å². The average Bonchev–Trinajstić information content (AvgIpc) is 2.84. The van der Waals surface area contributed by atoms with E-state index in [0.717, 1.165) is 0 Å². The van der Waals surface area contributed by atoms with E-state index >= 15 is 0 Å². The number of hydrogen-bond acceptors (Lipinski definition) is 4. The molecule has 0 saturated carbocycles. The number of aryl methyl sites for hydroxylation is 1. The Kier molecular flexibility index (Phi) is 4.70. The molecule has 2 aromatic rings. The highest BCUT2D eigenvalue weighted by molar-refractivity contribution is 5.76. The van der Waals surface area contributed by atoms with Crippen LogP contribution in [0.15, 0.2) is 34.9 Å². The lowest BCUT2D eigenvalue weighted by molar-refractivity contribution is -0.132. The van der Waals surface area contributed by atoms with Gasteiger partial charge in [0.15, 0.2) is 0 Å². The van der Waals surface area contributed by atoms with Crippen molar-refractivity contribution in [2.45, 2.75) is 26.0 Å². The van der Waals surface area contributed by atoms with Gasteiger partial charge in [-0.2, -0.15) is 0 Å². The number of benzene rings is 1. The van der Waals surface area contributed by atoms with Crippen LogP contribution in [0.4, 0.5) is 4.39 Å². The lowest BCUT2D eigenvalue weighted by Gasteiger charge is -2.18. The number of aliphatic hydroxyl groups excluding tert-OH is 1. The number of aliphatic hydroxyl groups is 1. The second kappa shape index (κ2) is 6.49. The summed E-state index contributed by atoms with van der Waals surface area (Å²) >= 11 is 0. The van der Waals surface area contributed by atoms with Gasteiger partial charge in [0.1, 0.15) is 17.3 Å². The van der Waals surface area contributed by atoms with Crippen LogP contribution < -0.4 is 0 Å². The Bertz CT molecular complexity index is 627. The van der Waals surface area contributed by atoms with E-state index in [1.54, 1.807) is 26.1 Å². The number of halogens is 1. The fraction of sp³-hybridized carbons (Fsp3) is 0.333. The lowest BCUT2D eigenvalue weighted by Crippen LogP contribution is -2.27. The predicted molar refractivity (Wildman–Crippen MR) is 73.7 cm³/mol. The summed E-state index contributed by atoms with van der Waals surface area (Å²) in [7, 11) is 1.62. The van der Waals surface area contributed by atoms with Crippen molar-refractivity contribution in [3.8, 4) is 0 Å². The van der Waals surface area contributed by atoms with Gasteiger partial charge in [0.2, 0.25) is 5.91 Å². The molecular formula is C15H17FN2O3. The molecule has 1 N–H and O–H groups in total. The van der Waals surface area contributed by atoms with Crippen LogP contribution in [-0.4, -0.2) is 28.1 Å². The number of rotatable bonds is 5. The minimum absolute atomic E-state index is 0.114. The molecule has 2 rings (SSSR count). The van der Waals surface area contributed by atoms with Gasteiger partial charge in [-0.25, -0.2) is 4.39 Å². The average molecular weight is 292 g/mol. The highest BCUT2D eigenvalue weighted by Crippen LogP contribution is 2.18. The summed E-state index contributed by atoms with van der Waals surface area (Å²) in [4.78, 5) is 13.5. The van der Waals surface area contributed by atoms with Gasteiger partial charge >= 0.3 is 0 Å². The first-order valence-corrected chi connectivity index (χ1v) is 6.55.